The largest absolute Gasteiger partial charge is 0.391 e. The molecule has 5 atom stereocenters. The molecule has 3 fully saturated rings. The summed E-state index contributed by atoms with van der Waals surface area (Å²) in [5.74, 6) is -4.25. The number of hydrogen-bond donors (Lipinski definition) is 3. The number of carbonyl (C=O) groups excluding carboxylic acids is 2. The monoisotopic (exact) mass is 618 g/mol. The molecule has 1 saturated heterocycles. The minimum atomic E-state index is -1.59. The number of nitrogens with one attached hydrogen (secondary N) is 1. The van der Waals surface area contributed by atoms with Crippen molar-refractivity contribution in [1.29, 1.82) is 0 Å². The summed E-state index contributed by atoms with van der Waals surface area (Å²) < 4.78 is 21.6. The van der Waals surface area contributed by atoms with Gasteiger partial charge < -0.3 is 20.3 Å². The molecule has 3 heterocycles. The number of halogens is 3. The van der Waals surface area contributed by atoms with Crippen molar-refractivity contribution < 1.29 is 28.9 Å². The van der Waals surface area contributed by atoms with Crippen molar-refractivity contribution in [2.75, 3.05) is 18.5 Å². The van der Waals surface area contributed by atoms with E-state index in [1.165, 1.54) is 6.20 Å². The van der Waals surface area contributed by atoms with Gasteiger partial charge in [0.25, 0.3) is 0 Å². The standard InChI is InChI=1S/C32H37Cl2FN2O5/c1-29(2)8-10-30(11-9-29)15-21(24(39)13-18-5-7-31(41,17-38)42-16-18)25(20-6-12-36-27(34)26(20)35)32(30)22-4-3-19(33)14-23(22)37-28(32)40/h3-4,6,12,14,18,21,25,38,41H,5,7-11,13,15-17H2,1-2H3,(H,37,40)/t18-,21-,25-,31-,32+/m0/s1. The number of aliphatic hydroxyl groups is 2. The maximum absolute atomic E-state index is 16.0. The van der Waals surface area contributed by atoms with Gasteiger partial charge in [-0.15, -0.1) is 0 Å². The molecule has 6 rings (SSSR count). The third-order valence-electron chi connectivity index (χ3n) is 10.8. The van der Waals surface area contributed by atoms with E-state index in [1.807, 2.05) is 6.07 Å². The molecular weight excluding hydrogens is 582 g/mol. The molecule has 2 aliphatic heterocycles. The van der Waals surface area contributed by atoms with Crippen LogP contribution in [0.1, 0.15) is 82.3 Å². The Morgan fingerprint density at radius 1 is 1.17 bits per heavy atom. The number of carbonyl (C=O) groups is 2. The molecule has 2 aromatic rings. The smallest absolute Gasteiger partial charge is 0.236 e. The fraction of sp³-hybridized carbons (Fsp3) is 0.594. The van der Waals surface area contributed by atoms with Crippen LogP contribution in [0.2, 0.25) is 10.2 Å². The molecule has 0 radical (unpaired) electrons. The number of rotatable bonds is 5. The van der Waals surface area contributed by atoms with Crippen molar-refractivity contribution in [2.45, 2.75) is 82.3 Å². The lowest BCUT2D eigenvalue weighted by atomic mass is 9.51. The van der Waals surface area contributed by atoms with Crippen LogP contribution in [-0.2, 0) is 19.7 Å². The summed E-state index contributed by atoms with van der Waals surface area (Å²) in [4.78, 5) is 32.9. The van der Waals surface area contributed by atoms with E-state index in [-0.39, 0.29) is 53.2 Å². The van der Waals surface area contributed by atoms with Crippen LogP contribution in [0.15, 0.2) is 30.5 Å². The van der Waals surface area contributed by atoms with Crippen molar-refractivity contribution in [3.8, 4) is 0 Å². The molecule has 10 heteroatoms. The molecule has 1 aromatic carbocycles. The number of benzene rings is 1. The lowest BCUT2D eigenvalue weighted by Gasteiger charge is -2.51. The van der Waals surface area contributed by atoms with E-state index < -0.39 is 40.9 Å². The maximum atomic E-state index is 16.0. The maximum Gasteiger partial charge on any atom is 0.236 e. The predicted molar refractivity (Wildman–Crippen MR) is 157 cm³/mol. The minimum Gasteiger partial charge on any atom is -0.391 e. The van der Waals surface area contributed by atoms with Gasteiger partial charge in [0.2, 0.25) is 5.91 Å². The highest BCUT2D eigenvalue weighted by molar-refractivity contribution is 6.31. The summed E-state index contributed by atoms with van der Waals surface area (Å²) >= 11 is 12.6. The van der Waals surface area contributed by atoms with Crippen molar-refractivity contribution >= 4 is 40.6 Å². The van der Waals surface area contributed by atoms with Gasteiger partial charge in [0.15, 0.2) is 16.8 Å². The fourth-order valence-corrected chi connectivity index (χ4v) is 8.82. The lowest BCUT2D eigenvalue weighted by Crippen LogP contribution is -2.52. The summed E-state index contributed by atoms with van der Waals surface area (Å²) in [5.41, 5.74) is -0.162. The Morgan fingerprint density at radius 2 is 1.90 bits per heavy atom. The zero-order valence-corrected chi connectivity index (χ0v) is 25.4. The van der Waals surface area contributed by atoms with Crippen molar-refractivity contribution in [3.05, 3.63) is 57.6 Å². The van der Waals surface area contributed by atoms with Gasteiger partial charge in [0.05, 0.1) is 18.6 Å². The summed E-state index contributed by atoms with van der Waals surface area (Å²) in [6.07, 6.45) is 5.92. The Hall–Kier alpha value is -2.10. The van der Waals surface area contributed by atoms with E-state index in [4.69, 9.17) is 27.9 Å². The Bertz CT molecular complexity index is 1420. The lowest BCUT2D eigenvalue weighted by molar-refractivity contribution is -0.253. The number of pyridine rings is 1. The van der Waals surface area contributed by atoms with E-state index in [1.54, 1.807) is 18.2 Å². The van der Waals surface area contributed by atoms with Gasteiger partial charge in [-0.25, -0.2) is 9.37 Å². The van der Waals surface area contributed by atoms with Crippen LogP contribution in [-0.4, -0.2) is 45.9 Å². The third kappa shape index (κ3) is 4.60. The predicted octanol–water partition coefficient (Wildman–Crippen LogP) is 6.17. The third-order valence-corrected chi connectivity index (χ3v) is 11.3. The molecule has 226 valence electrons. The molecule has 1 amide bonds. The van der Waals surface area contributed by atoms with Crippen LogP contribution in [0, 0.1) is 28.5 Å². The van der Waals surface area contributed by atoms with Crippen LogP contribution in [0.3, 0.4) is 0 Å². The van der Waals surface area contributed by atoms with Crippen LogP contribution < -0.4 is 5.32 Å². The van der Waals surface area contributed by atoms with E-state index >= 15 is 4.39 Å². The van der Waals surface area contributed by atoms with E-state index in [0.717, 1.165) is 18.4 Å². The van der Waals surface area contributed by atoms with Crippen molar-refractivity contribution in [1.82, 2.24) is 4.98 Å². The van der Waals surface area contributed by atoms with Crippen molar-refractivity contribution in [2.24, 2.45) is 22.7 Å². The number of nitrogens with zero attached hydrogens (tertiary/aromatic N) is 1. The second-order valence-corrected chi connectivity index (χ2v) is 14.5. The number of anilines is 1. The molecular formula is C32H37Cl2FN2O5. The molecule has 1 aromatic heterocycles. The zero-order chi connectivity index (χ0) is 30.1. The van der Waals surface area contributed by atoms with Gasteiger partial charge >= 0.3 is 0 Å². The second-order valence-electron chi connectivity index (χ2n) is 13.7. The van der Waals surface area contributed by atoms with Gasteiger partial charge in [0.1, 0.15) is 5.78 Å². The highest BCUT2D eigenvalue weighted by Crippen LogP contribution is 2.72. The fourth-order valence-electron chi connectivity index (χ4n) is 8.48. The molecule has 2 saturated carbocycles. The number of aromatic nitrogens is 1. The van der Waals surface area contributed by atoms with Gasteiger partial charge in [0, 0.05) is 41.6 Å². The summed E-state index contributed by atoms with van der Waals surface area (Å²) in [5, 5.41) is 23.0. The topological polar surface area (TPSA) is 109 Å². The van der Waals surface area contributed by atoms with Gasteiger partial charge in [-0.1, -0.05) is 43.1 Å². The van der Waals surface area contributed by atoms with Crippen LogP contribution in [0.4, 0.5) is 10.1 Å². The Labute approximate surface area is 255 Å². The first-order valence-electron chi connectivity index (χ1n) is 14.8. The number of amides is 1. The summed E-state index contributed by atoms with van der Waals surface area (Å²) in [6.45, 7) is 4.06. The molecule has 2 spiro atoms. The van der Waals surface area contributed by atoms with E-state index in [2.05, 4.69) is 24.1 Å². The van der Waals surface area contributed by atoms with Gasteiger partial charge in [-0.2, -0.15) is 0 Å². The molecule has 4 aliphatic rings. The first kappa shape index (κ1) is 29.9. The molecule has 42 heavy (non-hydrogen) atoms. The number of Topliss-reactive ketones (excluding diaryl/α,β-unsaturated/α-hetero) is 1. The second kappa shape index (κ2) is 10.5. The average molecular weight is 620 g/mol. The van der Waals surface area contributed by atoms with Crippen LogP contribution in [0.25, 0.3) is 0 Å². The minimum absolute atomic E-state index is 0.0633. The first-order chi connectivity index (χ1) is 19.8. The van der Waals surface area contributed by atoms with Crippen LogP contribution in [0.5, 0.6) is 0 Å². The van der Waals surface area contributed by atoms with Crippen molar-refractivity contribution in [3.63, 3.8) is 0 Å². The number of hydrogen-bond acceptors (Lipinski definition) is 6. The molecule has 7 nitrogen and oxygen atoms in total. The summed E-state index contributed by atoms with van der Waals surface area (Å²) in [7, 11) is 0. The SMILES string of the molecule is CC1(C)CCC2(CC1)C[C@@H](C(=O)C[C@@H]1CC[C@@](O)(CO)OC1)[C@H](c1ccnc(Cl)c1F)[C@]21C(=O)Nc2cc(Cl)ccc21. The Kier molecular flexibility index (Phi) is 7.50. The molecule has 0 unspecified atom stereocenters. The zero-order valence-electron chi connectivity index (χ0n) is 23.9. The van der Waals surface area contributed by atoms with E-state index in [0.29, 0.717) is 36.4 Å². The average Bonchev–Trinajstić information content (AvgIpc) is 3.41. The highest BCUT2D eigenvalue weighted by Gasteiger charge is 2.72. The number of ether oxygens (including phenoxy) is 1. The normalized spacial score (nSPS) is 33.1. The Morgan fingerprint density at radius 3 is 2.57 bits per heavy atom. The molecule has 2 aliphatic carbocycles. The van der Waals surface area contributed by atoms with E-state index in [9.17, 15) is 19.8 Å². The first-order valence-corrected chi connectivity index (χ1v) is 15.5. The van der Waals surface area contributed by atoms with Gasteiger partial charge in [-0.3, -0.25) is 9.59 Å². The van der Waals surface area contributed by atoms with Crippen LogP contribution >= 0.6 is 23.2 Å². The molecule has 0 bridgehead atoms. The summed E-state index contributed by atoms with van der Waals surface area (Å²) in [6, 6.07) is 6.91. The van der Waals surface area contributed by atoms with Gasteiger partial charge in [-0.05, 0) is 84.6 Å². The molecule has 3 N–H and O–H groups in total. The Balaban J connectivity index is 1.50. The number of ketones is 1. The quantitative estimate of drug-likeness (QED) is 0.346. The highest BCUT2D eigenvalue weighted by atomic mass is 35.5. The number of fused-ring (bicyclic) bond motifs is 3. The number of aliphatic hydroxyl groups excluding tert-OH is 1.